The lowest BCUT2D eigenvalue weighted by molar-refractivity contribution is 0.0690. The van der Waals surface area contributed by atoms with Crippen LogP contribution in [-0.2, 0) is 6.54 Å². The molecule has 0 aliphatic heterocycles. The van der Waals surface area contributed by atoms with E-state index in [2.05, 4.69) is 10.2 Å². The number of nitrogens with one attached hydrogen (secondary N) is 1. The molecule has 1 aromatic carbocycles. The number of amides is 1. The Morgan fingerprint density at radius 2 is 2.05 bits per heavy atom. The van der Waals surface area contributed by atoms with Crippen LogP contribution in [0.2, 0.25) is 0 Å². The average molecular weight is 258 g/mol. The predicted molar refractivity (Wildman–Crippen MR) is 74.5 cm³/mol. The molecule has 0 bridgehead atoms. The standard InChI is InChI=1S/C14H18N4O/c1-10(2)18(14(19)12-7-16-17-8-12)9-11-3-5-13(15)6-4-11/h3-8,10H,9,15H2,1-2H3,(H,16,17). The van der Waals surface area contributed by atoms with Crippen molar-refractivity contribution in [3.63, 3.8) is 0 Å². The monoisotopic (exact) mass is 258 g/mol. The van der Waals surface area contributed by atoms with Crippen LogP contribution in [0.15, 0.2) is 36.7 Å². The van der Waals surface area contributed by atoms with E-state index in [0.717, 1.165) is 11.3 Å². The van der Waals surface area contributed by atoms with Gasteiger partial charge in [0, 0.05) is 24.5 Å². The molecule has 0 spiro atoms. The van der Waals surface area contributed by atoms with Gasteiger partial charge in [-0.1, -0.05) is 12.1 Å². The molecule has 2 aromatic rings. The van der Waals surface area contributed by atoms with E-state index < -0.39 is 0 Å². The van der Waals surface area contributed by atoms with Gasteiger partial charge in [0.1, 0.15) is 0 Å². The van der Waals surface area contributed by atoms with Gasteiger partial charge in [0.15, 0.2) is 0 Å². The van der Waals surface area contributed by atoms with Crippen molar-refractivity contribution in [2.45, 2.75) is 26.4 Å². The van der Waals surface area contributed by atoms with Gasteiger partial charge in [-0.05, 0) is 31.5 Å². The number of carbonyl (C=O) groups excluding carboxylic acids is 1. The summed E-state index contributed by atoms with van der Waals surface area (Å²) in [6.07, 6.45) is 3.15. The number of nitrogen functional groups attached to an aromatic ring is 1. The molecule has 0 saturated heterocycles. The second-order valence-electron chi connectivity index (χ2n) is 4.76. The third-order valence-corrected chi connectivity index (χ3v) is 2.96. The quantitative estimate of drug-likeness (QED) is 0.824. The van der Waals surface area contributed by atoms with Crippen molar-refractivity contribution in [1.82, 2.24) is 15.1 Å². The highest BCUT2D eigenvalue weighted by Crippen LogP contribution is 2.14. The first kappa shape index (κ1) is 13.1. The molecule has 1 aromatic heterocycles. The van der Waals surface area contributed by atoms with Crippen LogP contribution in [0.3, 0.4) is 0 Å². The van der Waals surface area contributed by atoms with Crippen LogP contribution in [0.25, 0.3) is 0 Å². The van der Waals surface area contributed by atoms with Crippen molar-refractivity contribution in [2.24, 2.45) is 0 Å². The Labute approximate surface area is 112 Å². The number of aromatic amines is 1. The molecule has 0 aliphatic carbocycles. The molecule has 19 heavy (non-hydrogen) atoms. The number of anilines is 1. The van der Waals surface area contributed by atoms with E-state index in [1.165, 1.54) is 0 Å². The van der Waals surface area contributed by atoms with Gasteiger partial charge in [-0.2, -0.15) is 5.10 Å². The first-order valence-corrected chi connectivity index (χ1v) is 6.22. The topological polar surface area (TPSA) is 75.0 Å². The summed E-state index contributed by atoms with van der Waals surface area (Å²) in [5, 5.41) is 6.48. The number of benzene rings is 1. The van der Waals surface area contributed by atoms with E-state index in [1.807, 2.05) is 38.1 Å². The fourth-order valence-electron chi connectivity index (χ4n) is 1.84. The lowest BCUT2D eigenvalue weighted by Gasteiger charge is -2.26. The minimum absolute atomic E-state index is 0.0272. The number of nitrogens with two attached hydrogens (primary N) is 1. The summed E-state index contributed by atoms with van der Waals surface area (Å²) >= 11 is 0. The summed E-state index contributed by atoms with van der Waals surface area (Å²) in [7, 11) is 0. The van der Waals surface area contributed by atoms with E-state index in [1.54, 1.807) is 17.3 Å². The Bertz CT molecular complexity index is 531. The molecule has 1 heterocycles. The van der Waals surface area contributed by atoms with Gasteiger partial charge >= 0.3 is 0 Å². The van der Waals surface area contributed by atoms with Crippen LogP contribution >= 0.6 is 0 Å². The van der Waals surface area contributed by atoms with Crippen molar-refractivity contribution in [3.05, 3.63) is 47.8 Å². The molecule has 0 atom stereocenters. The zero-order chi connectivity index (χ0) is 13.8. The lowest BCUT2D eigenvalue weighted by atomic mass is 10.1. The van der Waals surface area contributed by atoms with Crippen molar-refractivity contribution in [3.8, 4) is 0 Å². The van der Waals surface area contributed by atoms with Gasteiger partial charge in [-0.3, -0.25) is 9.89 Å². The van der Waals surface area contributed by atoms with Crippen molar-refractivity contribution >= 4 is 11.6 Å². The molecule has 1 amide bonds. The molecule has 5 nitrogen and oxygen atoms in total. The van der Waals surface area contributed by atoms with Crippen LogP contribution in [0.5, 0.6) is 0 Å². The highest BCUT2D eigenvalue weighted by atomic mass is 16.2. The van der Waals surface area contributed by atoms with Gasteiger partial charge < -0.3 is 10.6 Å². The van der Waals surface area contributed by atoms with Crippen LogP contribution in [0, 0.1) is 0 Å². The number of hydrogen-bond acceptors (Lipinski definition) is 3. The van der Waals surface area contributed by atoms with Gasteiger partial charge in [0.05, 0.1) is 11.8 Å². The Balaban J connectivity index is 2.17. The number of nitrogens with zero attached hydrogens (tertiary/aromatic N) is 2. The van der Waals surface area contributed by atoms with Gasteiger partial charge in [0.2, 0.25) is 0 Å². The van der Waals surface area contributed by atoms with Gasteiger partial charge in [0.25, 0.3) is 5.91 Å². The summed E-state index contributed by atoms with van der Waals surface area (Å²) in [4.78, 5) is 14.2. The molecular formula is C14H18N4O. The zero-order valence-electron chi connectivity index (χ0n) is 11.1. The molecule has 3 N–H and O–H groups in total. The van der Waals surface area contributed by atoms with Crippen molar-refractivity contribution < 1.29 is 4.79 Å². The van der Waals surface area contributed by atoms with E-state index in [-0.39, 0.29) is 11.9 Å². The smallest absolute Gasteiger partial charge is 0.257 e. The second-order valence-corrected chi connectivity index (χ2v) is 4.76. The predicted octanol–water partition coefficient (Wildman–Crippen LogP) is 2.04. The molecule has 0 fully saturated rings. The largest absolute Gasteiger partial charge is 0.399 e. The molecule has 0 radical (unpaired) electrons. The molecule has 2 rings (SSSR count). The fraction of sp³-hybridized carbons (Fsp3) is 0.286. The molecular weight excluding hydrogens is 240 g/mol. The van der Waals surface area contributed by atoms with Gasteiger partial charge in [-0.15, -0.1) is 0 Å². The van der Waals surface area contributed by atoms with E-state index >= 15 is 0 Å². The highest BCUT2D eigenvalue weighted by molar-refractivity contribution is 5.93. The number of aromatic nitrogens is 2. The summed E-state index contributed by atoms with van der Waals surface area (Å²) in [5.41, 5.74) is 8.01. The zero-order valence-corrected chi connectivity index (χ0v) is 11.1. The first-order chi connectivity index (χ1) is 9.08. The molecule has 0 saturated carbocycles. The molecule has 0 aliphatic rings. The maximum Gasteiger partial charge on any atom is 0.257 e. The number of H-pyrrole nitrogens is 1. The number of rotatable bonds is 4. The normalized spacial score (nSPS) is 10.7. The Morgan fingerprint density at radius 3 is 2.58 bits per heavy atom. The fourth-order valence-corrected chi connectivity index (χ4v) is 1.84. The van der Waals surface area contributed by atoms with E-state index in [0.29, 0.717) is 12.1 Å². The molecule has 5 heteroatoms. The molecule has 0 unspecified atom stereocenters. The SMILES string of the molecule is CC(C)N(Cc1ccc(N)cc1)C(=O)c1cn[nH]c1. The van der Waals surface area contributed by atoms with E-state index in [4.69, 9.17) is 5.73 Å². The summed E-state index contributed by atoms with van der Waals surface area (Å²) in [6.45, 7) is 4.55. The highest BCUT2D eigenvalue weighted by Gasteiger charge is 2.19. The molecule has 100 valence electrons. The van der Waals surface area contributed by atoms with Crippen LogP contribution in [-0.4, -0.2) is 27.0 Å². The Morgan fingerprint density at radius 1 is 1.37 bits per heavy atom. The third kappa shape index (κ3) is 3.13. The van der Waals surface area contributed by atoms with Crippen LogP contribution < -0.4 is 5.73 Å². The second kappa shape index (κ2) is 5.56. The maximum atomic E-state index is 12.4. The van der Waals surface area contributed by atoms with Crippen molar-refractivity contribution in [1.29, 1.82) is 0 Å². The first-order valence-electron chi connectivity index (χ1n) is 6.22. The minimum atomic E-state index is -0.0272. The third-order valence-electron chi connectivity index (χ3n) is 2.96. The van der Waals surface area contributed by atoms with Gasteiger partial charge in [-0.25, -0.2) is 0 Å². The summed E-state index contributed by atoms with van der Waals surface area (Å²) < 4.78 is 0. The van der Waals surface area contributed by atoms with Crippen LogP contribution in [0.1, 0.15) is 29.8 Å². The Kier molecular flexibility index (Phi) is 3.85. The Hall–Kier alpha value is -2.30. The van der Waals surface area contributed by atoms with Crippen molar-refractivity contribution in [2.75, 3.05) is 5.73 Å². The maximum absolute atomic E-state index is 12.4. The van der Waals surface area contributed by atoms with E-state index in [9.17, 15) is 4.79 Å². The minimum Gasteiger partial charge on any atom is -0.399 e. The summed E-state index contributed by atoms with van der Waals surface area (Å²) in [5.74, 6) is -0.0272. The lowest BCUT2D eigenvalue weighted by Crippen LogP contribution is -2.36. The number of hydrogen-bond donors (Lipinski definition) is 2. The summed E-state index contributed by atoms with van der Waals surface area (Å²) in [6, 6.07) is 7.67. The average Bonchev–Trinajstić information content (AvgIpc) is 2.91. The number of carbonyl (C=O) groups is 1. The van der Waals surface area contributed by atoms with Crippen LogP contribution in [0.4, 0.5) is 5.69 Å².